The smallest absolute Gasteiger partial charge is 0.271 e. The maximum absolute atomic E-state index is 11.9. The van der Waals surface area contributed by atoms with Gasteiger partial charge in [0.05, 0.1) is 17.8 Å². The van der Waals surface area contributed by atoms with Gasteiger partial charge in [0.25, 0.3) is 5.91 Å². The number of nitrogens with zero attached hydrogens (tertiary/aromatic N) is 1. The normalized spacial score (nSPS) is 10.9. The van der Waals surface area contributed by atoms with E-state index in [1.54, 1.807) is 24.4 Å². The van der Waals surface area contributed by atoms with Crippen LogP contribution in [-0.2, 0) is 0 Å². The summed E-state index contributed by atoms with van der Waals surface area (Å²) in [5.41, 5.74) is 3.86. The van der Waals surface area contributed by atoms with Crippen molar-refractivity contribution in [3.63, 3.8) is 0 Å². The molecule has 0 aliphatic heterocycles. The fourth-order valence-corrected chi connectivity index (χ4v) is 3.02. The van der Waals surface area contributed by atoms with E-state index in [9.17, 15) is 4.79 Å². The van der Waals surface area contributed by atoms with E-state index in [-0.39, 0.29) is 5.91 Å². The van der Waals surface area contributed by atoms with Crippen molar-refractivity contribution in [1.29, 1.82) is 0 Å². The third-order valence-corrected chi connectivity index (χ3v) is 4.67. The zero-order valence-corrected chi connectivity index (χ0v) is 17.3. The Balaban J connectivity index is 1.72. The summed E-state index contributed by atoms with van der Waals surface area (Å²) in [4.78, 5) is 11.9. The Bertz CT molecular complexity index is 748. The van der Waals surface area contributed by atoms with Crippen LogP contribution >= 0.6 is 11.6 Å². The third kappa shape index (κ3) is 8.13. The Morgan fingerprint density at radius 1 is 1.04 bits per heavy atom. The second-order valence-electron chi connectivity index (χ2n) is 6.72. The maximum Gasteiger partial charge on any atom is 0.271 e. The number of nitrogens with one attached hydrogen (secondary N) is 1. The average Bonchev–Trinajstić information content (AvgIpc) is 2.72. The number of hydrogen-bond donors (Lipinski definition) is 1. The fourth-order valence-electron chi connectivity index (χ4n) is 2.78. The van der Waals surface area contributed by atoms with Crippen LogP contribution in [0.3, 0.4) is 0 Å². The van der Waals surface area contributed by atoms with Gasteiger partial charge >= 0.3 is 0 Å². The summed E-state index contributed by atoms with van der Waals surface area (Å²) in [6, 6.07) is 14.4. The van der Waals surface area contributed by atoms with Gasteiger partial charge < -0.3 is 4.74 Å². The molecule has 1 N–H and O–H groups in total. The summed E-state index contributed by atoms with van der Waals surface area (Å²) in [5.74, 6) is 0.427. The first kappa shape index (κ1) is 22.0. The number of ether oxygens (including phenoxy) is 1. The van der Waals surface area contributed by atoms with Crippen molar-refractivity contribution < 1.29 is 9.53 Å². The molecule has 150 valence electrons. The molecule has 2 rings (SSSR count). The van der Waals surface area contributed by atoms with E-state index in [0.29, 0.717) is 22.9 Å². The van der Waals surface area contributed by atoms with Crippen molar-refractivity contribution in [3.05, 3.63) is 64.7 Å². The molecule has 0 aliphatic rings. The SMILES string of the molecule is CCCCCCCCCOc1ccc(/C=N/NC(=O)c2ccccc2)cc1Cl. The Morgan fingerprint density at radius 2 is 1.75 bits per heavy atom. The Labute approximate surface area is 172 Å². The minimum absolute atomic E-state index is 0.252. The molecule has 4 nitrogen and oxygen atoms in total. The summed E-state index contributed by atoms with van der Waals surface area (Å²) in [7, 11) is 0. The molecule has 0 unspecified atom stereocenters. The second-order valence-corrected chi connectivity index (χ2v) is 7.13. The van der Waals surface area contributed by atoms with Gasteiger partial charge in [-0.1, -0.05) is 75.2 Å². The molecule has 0 fully saturated rings. The van der Waals surface area contributed by atoms with Crippen LogP contribution in [0.2, 0.25) is 5.02 Å². The molecule has 2 aromatic rings. The van der Waals surface area contributed by atoms with Gasteiger partial charge in [0.15, 0.2) is 0 Å². The van der Waals surface area contributed by atoms with Gasteiger partial charge in [-0.15, -0.1) is 0 Å². The van der Waals surface area contributed by atoms with Gasteiger partial charge in [0, 0.05) is 5.56 Å². The van der Waals surface area contributed by atoms with E-state index in [2.05, 4.69) is 17.5 Å². The molecule has 0 saturated carbocycles. The number of benzene rings is 2. The van der Waals surface area contributed by atoms with Gasteiger partial charge in [-0.3, -0.25) is 4.79 Å². The van der Waals surface area contributed by atoms with Crippen molar-refractivity contribution in [3.8, 4) is 5.75 Å². The standard InChI is InChI=1S/C23H29ClN2O2/c1-2-3-4-5-6-7-11-16-28-22-15-14-19(17-21(22)24)18-25-26-23(27)20-12-9-8-10-13-20/h8-10,12-15,17-18H,2-7,11,16H2,1H3,(H,26,27)/b25-18+. The number of carbonyl (C=O) groups is 1. The summed E-state index contributed by atoms with van der Waals surface area (Å²) >= 11 is 6.29. The Kier molecular flexibility index (Phi) is 10.2. The van der Waals surface area contributed by atoms with Crippen molar-refractivity contribution in [2.24, 2.45) is 5.10 Å². The molecule has 0 radical (unpaired) electrons. The highest BCUT2D eigenvalue weighted by molar-refractivity contribution is 6.32. The first-order valence-corrected chi connectivity index (χ1v) is 10.4. The van der Waals surface area contributed by atoms with Crippen LogP contribution in [0.25, 0.3) is 0 Å². The predicted molar refractivity (Wildman–Crippen MR) is 116 cm³/mol. The maximum atomic E-state index is 11.9. The van der Waals surface area contributed by atoms with E-state index >= 15 is 0 Å². The zero-order valence-electron chi connectivity index (χ0n) is 16.5. The lowest BCUT2D eigenvalue weighted by molar-refractivity contribution is 0.0955. The van der Waals surface area contributed by atoms with Crippen LogP contribution in [-0.4, -0.2) is 18.7 Å². The fraction of sp³-hybridized carbons (Fsp3) is 0.391. The largest absolute Gasteiger partial charge is 0.492 e. The average molecular weight is 401 g/mol. The summed E-state index contributed by atoms with van der Waals surface area (Å²) < 4.78 is 5.77. The van der Waals surface area contributed by atoms with Crippen LogP contribution in [0.5, 0.6) is 5.75 Å². The Morgan fingerprint density at radius 3 is 2.46 bits per heavy atom. The number of halogens is 1. The molecule has 0 saturated heterocycles. The van der Waals surface area contributed by atoms with Gasteiger partial charge in [0.2, 0.25) is 0 Å². The van der Waals surface area contributed by atoms with Crippen molar-refractivity contribution in [2.75, 3.05) is 6.61 Å². The van der Waals surface area contributed by atoms with Gasteiger partial charge in [-0.05, 0) is 42.3 Å². The van der Waals surface area contributed by atoms with Crippen LogP contribution in [0, 0.1) is 0 Å². The molecular formula is C23H29ClN2O2. The van der Waals surface area contributed by atoms with E-state index < -0.39 is 0 Å². The van der Waals surface area contributed by atoms with Gasteiger partial charge in [0.1, 0.15) is 5.75 Å². The van der Waals surface area contributed by atoms with E-state index in [1.807, 2.05) is 30.3 Å². The van der Waals surface area contributed by atoms with Crippen LogP contribution < -0.4 is 10.2 Å². The number of hydrazone groups is 1. The van der Waals surface area contributed by atoms with Crippen molar-refractivity contribution in [1.82, 2.24) is 5.43 Å². The molecule has 0 spiro atoms. The minimum Gasteiger partial charge on any atom is -0.492 e. The van der Waals surface area contributed by atoms with Crippen molar-refractivity contribution in [2.45, 2.75) is 51.9 Å². The van der Waals surface area contributed by atoms with Crippen LogP contribution in [0.4, 0.5) is 0 Å². The lowest BCUT2D eigenvalue weighted by Gasteiger charge is -2.08. The van der Waals surface area contributed by atoms with E-state index in [0.717, 1.165) is 12.0 Å². The Hall–Kier alpha value is -2.33. The molecular weight excluding hydrogens is 372 g/mol. The molecule has 0 aromatic heterocycles. The molecule has 28 heavy (non-hydrogen) atoms. The number of amides is 1. The third-order valence-electron chi connectivity index (χ3n) is 4.38. The number of unbranched alkanes of at least 4 members (excludes halogenated alkanes) is 6. The van der Waals surface area contributed by atoms with Crippen molar-refractivity contribution >= 4 is 23.7 Å². The monoisotopic (exact) mass is 400 g/mol. The topological polar surface area (TPSA) is 50.7 Å². The molecule has 1 amide bonds. The highest BCUT2D eigenvalue weighted by atomic mass is 35.5. The summed E-state index contributed by atoms with van der Waals surface area (Å²) in [6.45, 7) is 2.91. The highest BCUT2D eigenvalue weighted by Gasteiger charge is 2.04. The van der Waals surface area contributed by atoms with E-state index in [1.165, 1.54) is 38.5 Å². The van der Waals surface area contributed by atoms with E-state index in [4.69, 9.17) is 16.3 Å². The molecule has 2 aromatic carbocycles. The first-order chi connectivity index (χ1) is 13.7. The molecule has 0 bridgehead atoms. The highest BCUT2D eigenvalue weighted by Crippen LogP contribution is 2.25. The lowest BCUT2D eigenvalue weighted by Crippen LogP contribution is -2.17. The lowest BCUT2D eigenvalue weighted by atomic mass is 10.1. The number of carbonyl (C=O) groups excluding carboxylic acids is 1. The summed E-state index contributed by atoms with van der Waals surface area (Å²) in [6.07, 6.45) is 10.3. The van der Waals surface area contributed by atoms with Crippen LogP contribution in [0.15, 0.2) is 53.6 Å². The minimum atomic E-state index is -0.252. The molecule has 5 heteroatoms. The van der Waals surface area contributed by atoms with Gasteiger partial charge in [-0.2, -0.15) is 5.10 Å². The predicted octanol–water partition coefficient (Wildman–Crippen LogP) is 6.23. The first-order valence-electron chi connectivity index (χ1n) is 10.0. The van der Waals surface area contributed by atoms with Gasteiger partial charge in [-0.25, -0.2) is 5.43 Å². The van der Waals surface area contributed by atoms with Crippen LogP contribution in [0.1, 0.15) is 67.8 Å². The molecule has 0 heterocycles. The molecule has 0 atom stereocenters. The summed E-state index contributed by atoms with van der Waals surface area (Å²) in [5, 5.41) is 4.52. The second kappa shape index (κ2) is 12.9. The quantitative estimate of drug-likeness (QED) is 0.260. The zero-order chi connectivity index (χ0) is 20.0. The number of rotatable bonds is 12. The number of hydrogen-bond acceptors (Lipinski definition) is 3. The molecule has 0 aliphatic carbocycles.